The van der Waals surface area contributed by atoms with Gasteiger partial charge in [0, 0.05) is 5.92 Å². The van der Waals surface area contributed by atoms with Crippen molar-refractivity contribution in [2.75, 3.05) is 6.54 Å². The highest BCUT2D eigenvalue weighted by Crippen LogP contribution is 2.28. The van der Waals surface area contributed by atoms with Gasteiger partial charge < -0.3 is 10.8 Å². The maximum atomic E-state index is 12.9. The molecule has 0 saturated heterocycles. The van der Waals surface area contributed by atoms with Crippen molar-refractivity contribution in [1.82, 2.24) is 0 Å². The molecule has 0 spiro atoms. The van der Waals surface area contributed by atoms with Gasteiger partial charge in [-0.3, -0.25) is 0 Å². The van der Waals surface area contributed by atoms with Crippen molar-refractivity contribution in [3.8, 4) is 0 Å². The van der Waals surface area contributed by atoms with Gasteiger partial charge in [0.2, 0.25) is 0 Å². The maximum absolute atomic E-state index is 12.9. The fourth-order valence-electron chi connectivity index (χ4n) is 1.32. The largest absolute Gasteiger partial charge is 0.385 e. The van der Waals surface area contributed by atoms with E-state index in [9.17, 15) is 9.50 Å². The van der Waals surface area contributed by atoms with E-state index in [0.717, 1.165) is 0 Å². The zero-order chi connectivity index (χ0) is 10.8. The van der Waals surface area contributed by atoms with E-state index in [2.05, 4.69) is 0 Å². The lowest BCUT2D eigenvalue weighted by Crippen LogP contribution is -2.34. The summed E-state index contributed by atoms with van der Waals surface area (Å²) in [6.07, 6.45) is 0. The van der Waals surface area contributed by atoms with E-state index in [1.165, 1.54) is 12.1 Å². The topological polar surface area (TPSA) is 46.2 Å². The van der Waals surface area contributed by atoms with Crippen molar-refractivity contribution in [1.29, 1.82) is 0 Å². The Labute approximate surface area is 83.6 Å². The van der Waals surface area contributed by atoms with Gasteiger partial charge in [0.25, 0.3) is 0 Å². The normalized spacial score (nSPS) is 17.5. The van der Waals surface area contributed by atoms with E-state index in [1.807, 2.05) is 6.92 Å². The van der Waals surface area contributed by atoms with Crippen molar-refractivity contribution in [3.63, 3.8) is 0 Å². The van der Waals surface area contributed by atoms with Crippen LogP contribution in [0.2, 0.25) is 0 Å². The molecule has 2 unspecified atom stereocenters. The molecule has 2 nitrogen and oxygen atoms in total. The molecule has 0 fully saturated rings. The van der Waals surface area contributed by atoms with E-state index < -0.39 is 5.60 Å². The molecule has 2 atom stereocenters. The molecular formula is C11H16FNO. The molecule has 1 aromatic carbocycles. The van der Waals surface area contributed by atoms with Gasteiger partial charge in [0.05, 0.1) is 5.60 Å². The van der Waals surface area contributed by atoms with Crippen molar-refractivity contribution >= 4 is 0 Å². The van der Waals surface area contributed by atoms with E-state index in [4.69, 9.17) is 5.73 Å². The second-order valence-corrected chi connectivity index (χ2v) is 3.79. The third-order valence-electron chi connectivity index (χ3n) is 2.72. The molecule has 0 radical (unpaired) electrons. The fourth-order valence-corrected chi connectivity index (χ4v) is 1.32. The molecule has 0 bridgehead atoms. The van der Waals surface area contributed by atoms with Gasteiger partial charge in [0.15, 0.2) is 0 Å². The van der Waals surface area contributed by atoms with Crippen molar-refractivity contribution in [2.45, 2.75) is 19.4 Å². The summed E-state index contributed by atoms with van der Waals surface area (Å²) in [5, 5.41) is 10.1. The first-order chi connectivity index (χ1) is 6.48. The van der Waals surface area contributed by atoms with Gasteiger partial charge in [-0.05, 0) is 31.2 Å². The first-order valence-corrected chi connectivity index (χ1v) is 4.67. The summed E-state index contributed by atoms with van der Waals surface area (Å²) >= 11 is 0. The number of benzene rings is 1. The number of rotatable bonds is 3. The first kappa shape index (κ1) is 11.1. The Balaban J connectivity index is 3.03. The monoisotopic (exact) mass is 197 g/mol. The second-order valence-electron chi connectivity index (χ2n) is 3.79. The average molecular weight is 197 g/mol. The molecule has 3 N–H and O–H groups in total. The van der Waals surface area contributed by atoms with Gasteiger partial charge in [-0.15, -0.1) is 0 Å². The average Bonchev–Trinajstić information content (AvgIpc) is 2.16. The Morgan fingerprint density at radius 3 is 2.71 bits per heavy atom. The minimum atomic E-state index is -1.07. The molecule has 0 saturated carbocycles. The minimum absolute atomic E-state index is 0.107. The molecule has 0 heterocycles. The predicted molar refractivity (Wildman–Crippen MR) is 54.2 cm³/mol. The van der Waals surface area contributed by atoms with E-state index in [-0.39, 0.29) is 11.7 Å². The number of hydrogen-bond acceptors (Lipinski definition) is 2. The summed E-state index contributed by atoms with van der Waals surface area (Å²) in [4.78, 5) is 0. The van der Waals surface area contributed by atoms with Crippen molar-refractivity contribution in [3.05, 3.63) is 35.6 Å². The van der Waals surface area contributed by atoms with Crippen LogP contribution in [0.4, 0.5) is 4.39 Å². The highest BCUT2D eigenvalue weighted by molar-refractivity contribution is 5.23. The van der Waals surface area contributed by atoms with Crippen LogP contribution in [0.3, 0.4) is 0 Å². The standard InChI is InChI=1S/C11H16FNO/c1-8(7-13)11(2,14)9-4-3-5-10(12)6-9/h3-6,8,14H,7,13H2,1-2H3. The Morgan fingerprint density at radius 1 is 1.57 bits per heavy atom. The molecule has 0 amide bonds. The summed E-state index contributed by atoms with van der Waals surface area (Å²) < 4.78 is 12.9. The SMILES string of the molecule is CC(CN)C(C)(O)c1cccc(F)c1. The van der Waals surface area contributed by atoms with Crippen LogP contribution in [0.25, 0.3) is 0 Å². The molecule has 1 rings (SSSR count). The highest BCUT2D eigenvalue weighted by atomic mass is 19.1. The van der Waals surface area contributed by atoms with Gasteiger partial charge >= 0.3 is 0 Å². The smallest absolute Gasteiger partial charge is 0.123 e. The summed E-state index contributed by atoms with van der Waals surface area (Å²) in [7, 11) is 0. The van der Waals surface area contributed by atoms with Crippen LogP contribution in [0.5, 0.6) is 0 Å². The highest BCUT2D eigenvalue weighted by Gasteiger charge is 2.29. The van der Waals surface area contributed by atoms with Crippen LogP contribution in [0, 0.1) is 11.7 Å². The van der Waals surface area contributed by atoms with Crippen LogP contribution in [-0.2, 0) is 5.60 Å². The molecule has 78 valence electrons. The Kier molecular flexibility index (Phi) is 3.24. The van der Waals surface area contributed by atoms with E-state index in [1.54, 1.807) is 19.1 Å². The third-order valence-corrected chi connectivity index (χ3v) is 2.72. The van der Waals surface area contributed by atoms with Gasteiger partial charge in [0.1, 0.15) is 5.82 Å². The molecular weight excluding hydrogens is 181 g/mol. The minimum Gasteiger partial charge on any atom is -0.385 e. The van der Waals surface area contributed by atoms with Crippen LogP contribution < -0.4 is 5.73 Å². The Hall–Kier alpha value is -0.930. The zero-order valence-electron chi connectivity index (χ0n) is 8.50. The number of aliphatic hydroxyl groups is 1. The summed E-state index contributed by atoms with van der Waals surface area (Å²) in [6, 6.07) is 5.98. The lowest BCUT2D eigenvalue weighted by atomic mass is 9.84. The lowest BCUT2D eigenvalue weighted by Gasteiger charge is -2.29. The molecule has 0 aliphatic carbocycles. The van der Waals surface area contributed by atoms with Crippen LogP contribution in [0.15, 0.2) is 24.3 Å². The third kappa shape index (κ3) is 2.11. The quantitative estimate of drug-likeness (QED) is 0.773. The molecule has 0 aromatic heterocycles. The van der Waals surface area contributed by atoms with E-state index in [0.29, 0.717) is 12.1 Å². The predicted octanol–water partition coefficient (Wildman–Crippen LogP) is 1.63. The molecule has 3 heteroatoms. The number of hydrogen-bond donors (Lipinski definition) is 2. The lowest BCUT2D eigenvalue weighted by molar-refractivity contribution is 0.00493. The molecule has 14 heavy (non-hydrogen) atoms. The number of halogens is 1. The first-order valence-electron chi connectivity index (χ1n) is 4.67. The molecule has 1 aromatic rings. The van der Waals surface area contributed by atoms with Crippen molar-refractivity contribution in [2.24, 2.45) is 11.7 Å². The van der Waals surface area contributed by atoms with Gasteiger partial charge in [-0.25, -0.2) is 4.39 Å². The van der Waals surface area contributed by atoms with Crippen LogP contribution in [-0.4, -0.2) is 11.7 Å². The Morgan fingerprint density at radius 2 is 2.21 bits per heavy atom. The fraction of sp³-hybridized carbons (Fsp3) is 0.455. The summed E-state index contributed by atoms with van der Waals surface area (Å²) in [5.74, 6) is -0.448. The Bertz CT molecular complexity index is 312. The van der Waals surface area contributed by atoms with Crippen molar-refractivity contribution < 1.29 is 9.50 Å². The molecule has 0 aliphatic rings. The van der Waals surface area contributed by atoms with Crippen LogP contribution >= 0.6 is 0 Å². The van der Waals surface area contributed by atoms with Crippen LogP contribution in [0.1, 0.15) is 19.4 Å². The second kappa shape index (κ2) is 4.07. The zero-order valence-corrected chi connectivity index (χ0v) is 8.50. The molecule has 0 aliphatic heterocycles. The van der Waals surface area contributed by atoms with E-state index >= 15 is 0 Å². The number of nitrogens with two attached hydrogens (primary N) is 1. The van der Waals surface area contributed by atoms with Gasteiger partial charge in [-0.1, -0.05) is 19.1 Å². The summed E-state index contributed by atoms with van der Waals surface area (Å²) in [5.41, 5.74) is 4.97. The summed E-state index contributed by atoms with van der Waals surface area (Å²) in [6.45, 7) is 3.85. The maximum Gasteiger partial charge on any atom is 0.123 e. The van der Waals surface area contributed by atoms with Gasteiger partial charge in [-0.2, -0.15) is 0 Å².